The number of nitrogens with one attached hydrogen (secondary N) is 1. The van der Waals surface area contributed by atoms with E-state index >= 15 is 0 Å². The van der Waals surface area contributed by atoms with Crippen LogP contribution in [0, 0.1) is 17.3 Å². The lowest BCUT2D eigenvalue weighted by Gasteiger charge is -2.07. The molecule has 0 heterocycles. The number of carbonyl (C=O) groups is 3. The lowest BCUT2D eigenvalue weighted by Crippen LogP contribution is -2.18. The van der Waals surface area contributed by atoms with Crippen molar-refractivity contribution in [3.05, 3.63) is 29.8 Å². The van der Waals surface area contributed by atoms with Gasteiger partial charge in [-0.2, -0.15) is 0 Å². The van der Waals surface area contributed by atoms with Crippen LogP contribution in [0.4, 0.5) is 5.69 Å². The summed E-state index contributed by atoms with van der Waals surface area (Å²) >= 11 is 0. The van der Waals surface area contributed by atoms with Crippen LogP contribution in [0.25, 0.3) is 0 Å². The SMILES string of the molecule is CC1(C)[C@H](C(=O)O)[C@@H]1C(=O)Nc1cccc(CC(N)=O)c1. The molecule has 1 aromatic carbocycles. The molecule has 112 valence electrons. The first kappa shape index (κ1) is 15.0. The third-order valence-electron chi connectivity index (χ3n) is 3.95. The van der Waals surface area contributed by atoms with Gasteiger partial charge in [0.2, 0.25) is 11.8 Å². The Balaban J connectivity index is 2.07. The average Bonchev–Trinajstić information content (AvgIpc) is 2.92. The number of hydrogen-bond acceptors (Lipinski definition) is 3. The number of anilines is 1. The van der Waals surface area contributed by atoms with Crippen molar-refractivity contribution < 1.29 is 19.5 Å². The number of carboxylic acids is 1. The highest BCUT2D eigenvalue weighted by Gasteiger charge is 2.65. The van der Waals surface area contributed by atoms with E-state index in [1.165, 1.54) is 0 Å². The molecule has 6 nitrogen and oxygen atoms in total. The maximum atomic E-state index is 12.2. The van der Waals surface area contributed by atoms with Crippen molar-refractivity contribution in [1.82, 2.24) is 0 Å². The minimum Gasteiger partial charge on any atom is -0.481 e. The Morgan fingerprint density at radius 3 is 2.48 bits per heavy atom. The average molecular weight is 290 g/mol. The summed E-state index contributed by atoms with van der Waals surface area (Å²) in [4.78, 5) is 34.2. The Morgan fingerprint density at radius 1 is 1.29 bits per heavy atom. The minimum absolute atomic E-state index is 0.0936. The number of benzene rings is 1. The molecule has 0 radical (unpaired) electrons. The van der Waals surface area contributed by atoms with E-state index in [0.717, 1.165) is 0 Å². The summed E-state index contributed by atoms with van der Waals surface area (Å²) in [7, 11) is 0. The molecule has 0 aliphatic heterocycles. The fourth-order valence-electron chi connectivity index (χ4n) is 2.77. The molecule has 0 unspecified atom stereocenters. The van der Waals surface area contributed by atoms with Gasteiger partial charge in [-0.3, -0.25) is 14.4 Å². The Labute approximate surface area is 122 Å². The van der Waals surface area contributed by atoms with Gasteiger partial charge in [0.15, 0.2) is 0 Å². The van der Waals surface area contributed by atoms with Gasteiger partial charge in [-0.25, -0.2) is 0 Å². The number of primary amides is 1. The summed E-state index contributed by atoms with van der Waals surface area (Å²) in [6.07, 6.45) is 0.0936. The monoisotopic (exact) mass is 290 g/mol. The van der Waals surface area contributed by atoms with Crippen LogP contribution in [0.2, 0.25) is 0 Å². The normalized spacial score (nSPS) is 22.4. The second-order valence-electron chi connectivity index (χ2n) is 5.95. The molecule has 0 bridgehead atoms. The van der Waals surface area contributed by atoms with Gasteiger partial charge in [0.1, 0.15) is 0 Å². The first-order valence-electron chi connectivity index (χ1n) is 6.64. The number of nitrogens with two attached hydrogens (primary N) is 1. The van der Waals surface area contributed by atoms with Crippen molar-refractivity contribution in [2.24, 2.45) is 23.0 Å². The minimum atomic E-state index is -0.956. The maximum absolute atomic E-state index is 12.2. The summed E-state index contributed by atoms with van der Waals surface area (Å²) in [5.41, 5.74) is 5.82. The number of aliphatic carboxylic acids is 1. The number of hydrogen-bond donors (Lipinski definition) is 3. The van der Waals surface area contributed by atoms with Gasteiger partial charge in [-0.05, 0) is 23.1 Å². The van der Waals surface area contributed by atoms with E-state index in [-0.39, 0.29) is 12.3 Å². The molecule has 1 aliphatic rings. The van der Waals surface area contributed by atoms with Gasteiger partial charge >= 0.3 is 5.97 Å². The highest BCUT2D eigenvalue weighted by atomic mass is 16.4. The molecule has 0 spiro atoms. The van der Waals surface area contributed by atoms with Gasteiger partial charge in [-0.1, -0.05) is 26.0 Å². The van der Waals surface area contributed by atoms with Crippen LogP contribution in [-0.2, 0) is 20.8 Å². The predicted octanol–water partition coefficient (Wildman–Crippen LogP) is 1.01. The Morgan fingerprint density at radius 2 is 1.95 bits per heavy atom. The third kappa shape index (κ3) is 3.04. The number of amides is 2. The first-order chi connectivity index (χ1) is 9.73. The Hall–Kier alpha value is -2.37. The number of carbonyl (C=O) groups excluding carboxylic acids is 2. The zero-order valence-electron chi connectivity index (χ0n) is 11.9. The predicted molar refractivity (Wildman–Crippen MR) is 76.4 cm³/mol. The van der Waals surface area contributed by atoms with Crippen molar-refractivity contribution in [3.63, 3.8) is 0 Å². The molecule has 1 saturated carbocycles. The first-order valence-corrected chi connectivity index (χ1v) is 6.64. The van der Waals surface area contributed by atoms with Gasteiger partial charge in [-0.15, -0.1) is 0 Å². The zero-order chi connectivity index (χ0) is 15.8. The van der Waals surface area contributed by atoms with Gasteiger partial charge in [0, 0.05) is 5.69 Å². The van der Waals surface area contributed by atoms with Crippen molar-refractivity contribution in [1.29, 1.82) is 0 Å². The van der Waals surface area contributed by atoms with Crippen LogP contribution in [0.1, 0.15) is 19.4 Å². The van der Waals surface area contributed by atoms with Crippen LogP contribution in [0.3, 0.4) is 0 Å². The van der Waals surface area contributed by atoms with E-state index in [1.807, 2.05) is 0 Å². The molecule has 0 saturated heterocycles. The molecule has 1 fully saturated rings. The second-order valence-corrected chi connectivity index (χ2v) is 5.95. The maximum Gasteiger partial charge on any atom is 0.307 e. The number of carboxylic acid groups (broad SMARTS) is 1. The standard InChI is InChI=1S/C15H18N2O4/c1-15(2)11(12(15)14(20)21)13(19)17-9-5-3-4-8(6-9)7-10(16)18/h3-6,11-12H,7H2,1-2H3,(H2,16,18)(H,17,19)(H,20,21)/t11-,12+/m1/s1. The molecule has 0 aromatic heterocycles. The van der Waals surface area contributed by atoms with Crippen LogP contribution in [-0.4, -0.2) is 22.9 Å². The van der Waals surface area contributed by atoms with Gasteiger partial charge < -0.3 is 16.2 Å². The van der Waals surface area contributed by atoms with E-state index in [2.05, 4.69) is 5.32 Å². The van der Waals surface area contributed by atoms with Crippen LogP contribution in [0.15, 0.2) is 24.3 Å². The fourth-order valence-corrected chi connectivity index (χ4v) is 2.77. The highest BCUT2D eigenvalue weighted by Crippen LogP contribution is 2.58. The lowest BCUT2D eigenvalue weighted by molar-refractivity contribution is -0.140. The fraction of sp³-hybridized carbons (Fsp3) is 0.400. The van der Waals surface area contributed by atoms with Crippen molar-refractivity contribution in [2.75, 3.05) is 5.32 Å². The molecule has 1 aliphatic carbocycles. The van der Waals surface area contributed by atoms with Crippen molar-refractivity contribution in [2.45, 2.75) is 20.3 Å². The molecule has 2 atom stereocenters. The largest absolute Gasteiger partial charge is 0.481 e. The number of rotatable bonds is 5. The Bertz CT molecular complexity index is 609. The van der Waals surface area contributed by atoms with Crippen molar-refractivity contribution in [3.8, 4) is 0 Å². The van der Waals surface area contributed by atoms with E-state index in [9.17, 15) is 14.4 Å². The Kier molecular flexibility index (Phi) is 3.72. The smallest absolute Gasteiger partial charge is 0.307 e. The topological polar surface area (TPSA) is 109 Å². The van der Waals surface area contributed by atoms with Crippen LogP contribution >= 0.6 is 0 Å². The van der Waals surface area contributed by atoms with E-state index < -0.39 is 29.1 Å². The molecular weight excluding hydrogens is 272 g/mol. The molecule has 4 N–H and O–H groups in total. The van der Waals surface area contributed by atoms with Gasteiger partial charge in [0.05, 0.1) is 18.3 Å². The molecular formula is C15H18N2O4. The van der Waals surface area contributed by atoms with Crippen molar-refractivity contribution >= 4 is 23.5 Å². The summed E-state index contributed by atoms with van der Waals surface area (Å²) in [6.45, 7) is 3.53. The molecule has 6 heteroatoms. The van der Waals surface area contributed by atoms with Crippen LogP contribution < -0.4 is 11.1 Å². The lowest BCUT2D eigenvalue weighted by atomic mass is 10.1. The molecule has 2 amide bonds. The highest BCUT2D eigenvalue weighted by molar-refractivity contribution is 5.99. The summed E-state index contributed by atoms with van der Waals surface area (Å²) < 4.78 is 0. The second kappa shape index (κ2) is 5.20. The molecule has 21 heavy (non-hydrogen) atoms. The third-order valence-corrected chi connectivity index (χ3v) is 3.95. The zero-order valence-corrected chi connectivity index (χ0v) is 11.9. The summed E-state index contributed by atoms with van der Waals surface area (Å²) in [5.74, 6) is -2.93. The van der Waals surface area contributed by atoms with E-state index in [0.29, 0.717) is 11.3 Å². The van der Waals surface area contributed by atoms with E-state index in [1.54, 1.807) is 38.1 Å². The molecule has 2 rings (SSSR count). The van der Waals surface area contributed by atoms with Gasteiger partial charge in [0.25, 0.3) is 0 Å². The molecule has 1 aromatic rings. The quantitative estimate of drug-likeness (QED) is 0.751. The van der Waals surface area contributed by atoms with E-state index in [4.69, 9.17) is 10.8 Å². The summed E-state index contributed by atoms with van der Waals surface area (Å²) in [5, 5.41) is 11.8. The van der Waals surface area contributed by atoms with Crippen LogP contribution in [0.5, 0.6) is 0 Å². The summed E-state index contributed by atoms with van der Waals surface area (Å²) in [6, 6.07) is 6.80.